The highest BCUT2D eigenvalue weighted by molar-refractivity contribution is 6.22. The molecule has 0 atom stereocenters. The van der Waals surface area contributed by atoms with E-state index < -0.39 is 0 Å². The van der Waals surface area contributed by atoms with Crippen molar-refractivity contribution in [3.63, 3.8) is 0 Å². The summed E-state index contributed by atoms with van der Waals surface area (Å²) in [5.74, 6) is 1.92. The standard InChI is InChI=1S/C40H26N4O/c1-25-29(40-42-38(26-13-5-2-6-14-26)41-39(43-40)27-15-7-3-8-16-27)23-24-34-35(25)32-22-21-31-30-19-11-12-20-33(30)44(36(31)37(32)45-34)28-17-9-4-10-18-28/h2-24H,1H3. The highest BCUT2D eigenvalue weighted by atomic mass is 16.3. The van der Waals surface area contributed by atoms with Crippen molar-refractivity contribution in [3.8, 4) is 39.9 Å². The minimum atomic E-state index is 0.635. The highest BCUT2D eigenvalue weighted by Gasteiger charge is 2.22. The Hall–Kier alpha value is -6.07. The van der Waals surface area contributed by atoms with E-state index in [0.717, 1.165) is 66.3 Å². The zero-order chi connectivity index (χ0) is 29.9. The average Bonchev–Trinajstić information content (AvgIpc) is 3.66. The maximum atomic E-state index is 6.74. The van der Waals surface area contributed by atoms with Crippen molar-refractivity contribution in [2.45, 2.75) is 6.92 Å². The Balaban J connectivity index is 1.32. The largest absolute Gasteiger partial charge is 0.454 e. The molecule has 0 aliphatic rings. The Kier molecular flexibility index (Phi) is 5.65. The Morgan fingerprint density at radius 2 is 1.09 bits per heavy atom. The number of hydrogen-bond acceptors (Lipinski definition) is 4. The number of nitrogens with zero attached hydrogens (tertiary/aromatic N) is 4. The molecule has 3 heterocycles. The molecular formula is C40H26N4O. The zero-order valence-electron chi connectivity index (χ0n) is 24.5. The highest BCUT2D eigenvalue weighted by Crippen LogP contribution is 2.42. The average molecular weight is 579 g/mol. The van der Waals surface area contributed by atoms with Crippen LogP contribution in [0.5, 0.6) is 0 Å². The molecule has 9 aromatic rings. The molecule has 0 amide bonds. The molecule has 212 valence electrons. The number of furan rings is 1. The molecule has 0 radical (unpaired) electrons. The van der Waals surface area contributed by atoms with Gasteiger partial charge in [-0.2, -0.15) is 0 Å². The smallest absolute Gasteiger partial charge is 0.164 e. The first-order chi connectivity index (χ1) is 22.2. The molecule has 0 saturated carbocycles. The van der Waals surface area contributed by atoms with Gasteiger partial charge >= 0.3 is 0 Å². The SMILES string of the molecule is Cc1c(-c2nc(-c3ccccc3)nc(-c3ccccc3)n2)ccc2oc3c(ccc4c5ccccc5n(-c5ccccc5)c43)c12. The van der Waals surface area contributed by atoms with Gasteiger partial charge in [-0.1, -0.05) is 103 Å². The summed E-state index contributed by atoms with van der Waals surface area (Å²) in [6.07, 6.45) is 0. The molecule has 5 nitrogen and oxygen atoms in total. The van der Waals surface area contributed by atoms with E-state index in [1.165, 1.54) is 5.39 Å². The molecule has 9 rings (SSSR count). The zero-order valence-corrected chi connectivity index (χ0v) is 24.5. The van der Waals surface area contributed by atoms with Gasteiger partial charge in [0.2, 0.25) is 0 Å². The Labute approximate surface area is 259 Å². The van der Waals surface area contributed by atoms with Crippen molar-refractivity contribution in [3.05, 3.63) is 145 Å². The first-order valence-electron chi connectivity index (χ1n) is 15.1. The van der Waals surface area contributed by atoms with E-state index >= 15 is 0 Å². The fourth-order valence-electron chi connectivity index (χ4n) is 6.56. The van der Waals surface area contributed by atoms with E-state index in [9.17, 15) is 0 Å². The van der Waals surface area contributed by atoms with Crippen molar-refractivity contribution in [2.75, 3.05) is 0 Å². The topological polar surface area (TPSA) is 56.7 Å². The summed E-state index contributed by atoms with van der Waals surface area (Å²) in [6, 6.07) is 47.7. The van der Waals surface area contributed by atoms with E-state index in [0.29, 0.717) is 17.5 Å². The predicted molar refractivity (Wildman–Crippen MR) is 182 cm³/mol. The summed E-state index contributed by atoms with van der Waals surface area (Å²) < 4.78 is 9.06. The molecule has 45 heavy (non-hydrogen) atoms. The van der Waals surface area contributed by atoms with Crippen LogP contribution >= 0.6 is 0 Å². The number of rotatable bonds is 4. The molecule has 3 aromatic heterocycles. The number of aromatic nitrogens is 4. The minimum absolute atomic E-state index is 0.635. The van der Waals surface area contributed by atoms with Gasteiger partial charge in [-0.15, -0.1) is 0 Å². The molecule has 0 unspecified atom stereocenters. The quantitative estimate of drug-likeness (QED) is 0.208. The van der Waals surface area contributed by atoms with Crippen LogP contribution in [-0.4, -0.2) is 19.5 Å². The van der Waals surface area contributed by atoms with Crippen LogP contribution in [0.4, 0.5) is 0 Å². The van der Waals surface area contributed by atoms with Gasteiger partial charge in [0.1, 0.15) is 5.58 Å². The van der Waals surface area contributed by atoms with Crippen LogP contribution in [0.2, 0.25) is 0 Å². The lowest BCUT2D eigenvalue weighted by molar-refractivity contribution is 0.671. The van der Waals surface area contributed by atoms with Gasteiger partial charge in [-0.05, 0) is 48.9 Å². The molecule has 0 bridgehead atoms. The summed E-state index contributed by atoms with van der Waals surface area (Å²) in [5.41, 5.74) is 8.93. The van der Waals surface area contributed by atoms with E-state index in [2.05, 4.69) is 78.2 Å². The number of fused-ring (bicyclic) bond motifs is 7. The van der Waals surface area contributed by atoms with Crippen LogP contribution in [0.3, 0.4) is 0 Å². The van der Waals surface area contributed by atoms with Crippen LogP contribution in [0, 0.1) is 6.92 Å². The van der Waals surface area contributed by atoms with Gasteiger partial charge in [0.25, 0.3) is 0 Å². The second-order valence-corrected chi connectivity index (χ2v) is 11.3. The second-order valence-electron chi connectivity index (χ2n) is 11.3. The predicted octanol–water partition coefficient (Wildman–Crippen LogP) is 10.2. The summed E-state index contributed by atoms with van der Waals surface area (Å²) in [4.78, 5) is 14.9. The molecule has 6 aromatic carbocycles. The van der Waals surface area contributed by atoms with E-state index in [1.54, 1.807) is 0 Å². The third-order valence-electron chi connectivity index (χ3n) is 8.65. The van der Waals surface area contributed by atoms with E-state index in [-0.39, 0.29) is 0 Å². The van der Waals surface area contributed by atoms with Crippen molar-refractivity contribution < 1.29 is 4.42 Å². The lowest BCUT2D eigenvalue weighted by Crippen LogP contribution is -2.01. The number of benzene rings is 6. The van der Waals surface area contributed by atoms with Crippen molar-refractivity contribution in [1.29, 1.82) is 0 Å². The summed E-state index contributed by atoms with van der Waals surface area (Å²) >= 11 is 0. The minimum Gasteiger partial charge on any atom is -0.454 e. The lowest BCUT2D eigenvalue weighted by atomic mass is 10.0. The molecule has 0 aliphatic heterocycles. The molecule has 0 aliphatic carbocycles. The van der Waals surface area contributed by atoms with Gasteiger partial charge in [0.15, 0.2) is 23.1 Å². The van der Waals surface area contributed by atoms with Gasteiger partial charge in [-0.25, -0.2) is 15.0 Å². The van der Waals surface area contributed by atoms with Crippen molar-refractivity contribution in [2.24, 2.45) is 0 Å². The van der Waals surface area contributed by atoms with Crippen LogP contribution in [0.15, 0.2) is 144 Å². The Bertz CT molecular complexity index is 2470. The van der Waals surface area contributed by atoms with Gasteiger partial charge < -0.3 is 8.98 Å². The van der Waals surface area contributed by atoms with E-state index in [1.807, 2.05) is 72.8 Å². The fraction of sp³-hybridized carbons (Fsp3) is 0.0250. The first-order valence-corrected chi connectivity index (χ1v) is 15.1. The Morgan fingerprint density at radius 1 is 0.511 bits per heavy atom. The van der Waals surface area contributed by atoms with Crippen LogP contribution in [0.25, 0.3) is 83.6 Å². The molecule has 5 heteroatoms. The van der Waals surface area contributed by atoms with Gasteiger partial charge in [-0.3, -0.25) is 0 Å². The second kappa shape index (κ2) is 10.00. The number of hydrogen-bond donors (Lipinski definition) is 0. The maximum Gasteiger partial charge on any atom is 0.164 e. The monoisotopic (exact) mass is 578 g/mol. The fourth-order valence-corrected chi connectivity index (χ4v) is 6.56. The summed E-state index contributed by atoms with van der Waals surface area (Å²) in [5, 5.41) is 4.49. The molecular weight excluding hydrogens is 552 g/mol. The van der Waals surface area contributed by atoms with Crippen LogP contribution in [0.1, 0.15) is 5.56 Å². The first kappa shape index (κ1) is 25.4. The van der Waals surface area contributed by atoms with Gasteiger partial charge in [0.05, 0.1) is 11.0 Å². The number of aryl methyl sites for hydroxylation is 1. The lowest BCUT2D eigenvalue weighted by Gasteiger charge is -2.10. The van der Waals surface area contributed by atoms with Crippen molar-refractivity contribution in [1.82, 2.24) is 19.5 Å². The molecule has 0 N–H and O–H groups in total. The number of para-hydroxylation sites is 2. The Morgan fingerprint density at radius 3 is 1.78 bits per heavy atom. The van der Waals surface area contributed by atoms with E-state index in [4.69, 9.17) is 19.4 Å². The molecule has 0 spiro atoms. The summed E-state index contributed by atoms with van der Waals surface area (Å²) in [7, 11) is 0. The normalized spacial score (nSPS) is 11.7. The van der Waals surface area contributed by atoms with Gasteiger partial charge in [0, 0.05) is 43.9 Å². The summed E-state index contributed by atoms with van der Waals surface area (Å²) in [6.45, 7) is 2.14. The molecule has 0 saturated heterocycles. The molecule has 0 fully saturated rings. The van der Waals surface area contributed by atoms with Crippen molar-refractivity contribution >= 4 is 43.7 Å². The van der Waals surface area contributed by atoms with Crippen LogP contribution in [-0.2, 0) is 0 Å². The van der Waals surface area contributed by atoms with Crippen LogP contribution < -0.4 is 0 Å². The maximum absolute atomic E-state index is 6.74. The third-order valence-corrected chi connectivity index (χ3v) is 8.65. The third kappa shape index (κ3) is 3.98.